The van der Waals surface area contributed by atoms with Crippen molar-refractivity contribution in [1.29, 1.82) is 0 Å². The normalized spacial score (nSPS) is 22.7. The molecule has 0 amide bonds. The first-order chi connectivity index (χ1) is 6.88. The summed E-state index contributed by atoms with van der Waals surface area (Å²) in [5, 5.41) is 0. The Labute approximate surface area is 84.0 Å². The molecule has 0 aliphatic carbocycles. The minimum atomic E-state index is -4.08. The minimum Gasteiger partial charge on any atom is -0.468 e. The average molecular weight is 229 g/mol. The Hall–Kier alpha value is -0.850. The van der Waals surface area contributed by atoms with Crippen LogP contribution in [0.1, 0.15) is 6.42 Å². The molecule has 0 aromatic heterocycles. The first-order valence-electron chi connectivity index (χ1n) is 4.36. The Bertz CT molecular complexity index is 247. The fraction of sp³-hybridized carbons (Fsp3) is 0.875. The SMILES string of the molecule is COC(=O)C1CCN1CC(F)(F)C(F)F. The van der Waals surface area contributed by atoms with Crippen LogP contribution in [0.25, 0.3) is 0 Å². The van der Waals surface area contributed by atoms with Crippen LogP contribution in [-0.2, 0) is 9.53 Å². The molecule has 1 aliphatic heterocycles. The summed E-state index contributed by atoms with van der Waals surface area (Å²) in [6.45, 7) is -0.896. The van der Waals surface area contributed by atoms with Crippen molar-refractivity contribution in [3.8, 4) is 0 Å². The molecule has 1 aliphatic rings. The molecule has 1 heterocycles. The van der Waals surface area contributed by atoms with Gasteiger partial charge in [0.2, 0.25) is 0 Å². The summed E-state index contributed by atoms with van der Waals surface area (Å²) in [5.41, 5.74) is 0. The van der Waals surface area contributed by atoms with E-state index in [0.717, 1.165) is 12.0 Å². The lowest BCUT2D eigenvalue weighted by Crippen LogP contribution is -2.57. The highest BCUT2D eigenvalue weighted by Gasteiger charge is 2.47. The number of rotatable bonds is 4. The first-order valence-corrected chi connectivity index (χ1v) is 4.36. The van der Waals surface area contributed by atoms with E-state index in [1.165, 1.54) is 0 Å². The fourth-order valence-corrected chi connectivity index (χ4v) is 1.37. The van der Waals surface area contributed by atoms with Gasteiger partial charge in [0.15, 0.2) is 0 Å². The van der Waals surface area contributed by atoms with Gasteiger partial charge in [-0.25, -0.2) is 8.78 Å². The molecule has 0 aromatic carbocycles. The molecule has 0 N–H and O–H groups in total. The van der Waals surface area contributed by atoms with Gasteiger partial charge in [-0.2, -0.15) is 8.78 Å². The molecule has 1 saturated heterocycles. The third kappa shape index (κ3) is 2.58. The van der Waals surface area contributed by atoms with E-state index in [1.807, 2.05) is 0 Å². The van der Waals surface area contributed by atoms with E-state index in [9.17, 15) is 22.4 Å². The van der Waals surface area contributed by atoms with Gasteiger partial charge in [-0.15, -0.1) is 0 Å². The van der Waals surface area contributed by atoms with E-state index in [0.29, 0.717) is 6.42 Å². The van der Waals surface area contributed by atoms with Crippen LogP contribution in [0, 0.1) is 0 Å². The average Bonchev–Trinajstić information content (AvgIpc) is 2.12. The third-order valence-corrected chi connectivity index (χ3v) is 2.34. The van der Waals surface area contributed by atoms with E-state index >= 15 is 0 Å². The first kappa shape index (κ1) is 12.2. The molecule has 0 spiro atoms. The lowest BCUT2D eigenvalue weighted by atomic mass is 10.0. The third-order valence-electron chi connectivity index (χ3n) is 2.34. The summed E-state index contributed by atoms with van der Waals surface area (Å²) >= 11 is 0. The maximum atomic E-state index is 12.6. The van der Waals surface area contributed by atoms with Gasteiger partial charge in [-0.3, -0.25) is 9.69 Å². The van der Waals surface area contributed by atoms with Gasteiger partial charge < -0.3 is 4.74 Å². The number of hydrogen-bond acceptors (Lipinski definition) is 3. The number of esters is 1. The summed E-state index contributed by atoms with van der Waals surface area (Å²) in [7, 11) is 1.13. The van der Waals surface area contributed by atoms with Gasteiger partial charge >= 0.3 is 18.3 Å². The Morgan fingerprint density at radius 1 is 1.60 bits per heavy atom. The number of carbonyl (C=O) groups is 1. The van der Waals surface area contributed by atoms with E-state index in [1.54, 1.807) is 0 Å². The molecule has 0 bridgehead atoms. The molecule has 3 nitrogen and oxygen atoms in total. The predicted octanol–water partition coefficient (Wildman–Crippen LogP) is 1.13. The van der Waals surface area contributed by atoms with Crippen LogP contribution in [0.5, 0.6) is 0 Å². The van der Waals surface area contributed by atoms with Crippen molar-refractivity contribution in [3.63, 3.8) is 0 Å². The van der Waals surface area contributed by atoms with Crippen molar-refractivity contribution < 1.29 is 27.1 Å². The Kier molecular flexibility index (Phi) is 3.54. The zero-order valence-electron chi connectivity index (χ0n) is 8.05. The molecule has 15 heavy (non-hydrogen) atoms. The number of carbonyl (C=O) groups excluding carboxylic acids is 1. The maximum absolute atomic E-state index is 12.6. The Balaban J connectivity index is 2.50. The van der Waals surface area contributed by atoms with Gasteiger partial charge in [-0.05, 0) is 6.42 Å². The molecule has 1 rings (SSSR count). The van der Waals surface area contributed by atoms with Crippen LogP contribution >= 0.6 is 0 Å². The Morgan fingerprint density at radius 3 is 2.53 bits per heavy atom. The second-order valence-electron chi connectivity index (χ2n) is 3.36. The number of ether oxygens (including phenoxy) is 1. The van der Waals surface area contributed by atoms with Crippen LogP contribution < -0.4 is 0 Å². The number of alkyl halides is 4. The molecule has 0 saturated carbocycles. The zero-order chi connectivity index (χ0) is 11.6. The molecule has 88 valence electrons. The second-order valence-corrected chi connectivity index (χ2v) is 3.36. The van der Waals surface area contributed by atoms with Crippen molar-refractivity contribution in [1.82, 2.24) is 4.90 Å². The van der Waals surface area contributed by atoms with Gasteiger partial charge in [0.25, 0.3) is 0 Å². The van der Waals surface area contributed by atoms with Crippen LogP contribution in [0.4, 0.5) is 17.6 Å². The highest BCUT2D eigenvalue weighted by Crippen LogP contribution is 2.28. The zero-order valence-corrected chi connectivity index (χ0v) is 8.05. The number of methoxy groups -OCH3 is 1. The lowest BCUT2D eigenvalue weighted by molar-refractivity contribution is -0.171. The van der Waals surface area contributed by atoms with Crippen LogP contribution in [0.2, 0.25) is 0 Å². The van der Waals surface area contributed by atoms with Gasteiger partial charge in [0.1, 0.15) is 6.04 Å². The van der Waals surface area contributed by atoms with Crippen molar-refractivity contribution in [2.45, 2.75) is 24.8 Å². The number of nitrogens with zero attached hydrogens (tertiary/aromatic N) is 1. The maximum Gasteiger partial charge on any atom is 0.323 e. The number of likely N-dealkylation sites (tertiary alicyclic amines) is 1. The van der Waals surface area contributed by atoms with E-state index < -0.39 is 30.9 Å². The van der Waals surface area contributed by atoms with Crippen molar-refractivity contribution >= 4 is 5.97 Å². The lowest BCUT2D eigenvalue weighted by Gasteiger charge is -2.40. The van der Waals surface area contributed by atoms with Crippen LogP contribution in [0.15, 0.2) is 0 Å². The Morgan fingerprint density at radius 2 is 2.20 bits per heavy atom. The minimum absolute atomic E-state index is 0.210. The van der Waals surface area contributed by atoms with E-state index in [4.69, 9.17) is 0 Å². The van der Waals surface area contributed by atoms with Crippen molar-refractivity contribution in [3.05, 3.63) is 0 Å². The molecule has 1 atom stereocenters. The quantitative estimate of drug-likeness (QED) is 0.534. The molecule has 0 aromatic rings. The topological polar surface area (TPSA) is 29.5 Å². The molecule has 7 heteroatoms. The fourth-order valence-electron chi connectivity index (χ4n) is 1.37. The summed E-state index contributed by atoms with van der Waals surface area (Å²) in [4.78, 5) is 12.0. The second kappa shape index (κ2) is 4.34. The highest BCUT2D eigenvalue weighted by molar-refractivity contribution is 5.76. The summed E-state index contributed by atoms with van der Waals surface area (Å²) < 4.78 is 53.3. The van der Waals surface area contributed by atoms with E-state index in [-0.39, 0.29) is 6.54 Å². The molecular formula is C8H11F4NO2. The van der Waals surface area contributed by atoms with Crippen LogP contribution in [0.3, 0.4) is 0 Å². The van der Waals surface area contributed by atoms with Crippen molar-refractivity contribution in [2.24, 2.45) is 0 Å². The number of halogens is 4. The van der Waals surface area contributed by atoms with Crippen LogP contribution in [-0.4, -0.2) is 49.5 Å². The predicted molar refractivity (Wildman–Crippen MR) is 42.9 cm³/mol. The molecule has 0 radical (unpaired) electrons. The summed E-state index contributed by atoms with van der Waals surface area (Å²) in [6, 6.07) is -0.806. The van der Waals surface area contributed by atoms with Gasteiger partial charge in [-0.1, -0.05) is 0 Å². The summed E-state index contributed by atoms with van der Waals surface area (Å²) in [5.74, 6) is -4.74. The number of hydrogen-bond donors (Lipinski definition) is 0. The van der Waals surface area contributed by atoms with Crippen molar-refractivity contribution in [2.75, 3.05) is 20.2 Å². The molecule has 1 fully saturated rings. The highest BCUT2D eigenvalue weighted by atomic mass is 19.3. The van der Waals surface area contributed by atoms with Gasteiger partial charge in [0.05, 0.1) is 13.7 Å². The van der Waals surface area contributed by atoms with E-state index in [2.05, 4.69) is 4.74 Å². The standard InChI is InChI=1S/C8H11F4NO2/c1-15-6(14)5-2-3-13(5)4-8(11,12)7(9)10/h5,7H,2-4H2,1H3. The monoisotopic (exact) mass is 229 g/mol. The smallest absolute Gasteiger partial charge is 0.323 e. The molecular weight excluding hydrogens is 218 g/mol. The summed E-state index contributed by atoms with van der Waals surface area (Å²) in [6.07, 6.45) is -3.34. The largest absolute Gasteiger partial charge is 0.468 e. The van der Waals surface area contributed by atoms with Gasteiger partial charge in [0, 0.05) is 6.54 Å². The molecule has 1 unspecified atom stereocenters.